The minimum atomic E-state index is -0.416. The lowest BCUT2D eigenvalue weighted by atomic mass is 10.5. The first kappa shape index (κ1) is 19.7. The lowest BCUT2D eigenvalue weighted by Crippen LogP contribution is -2.42. The molecule has 0 bridgehead atoms. The Morgan fingerprint density at radius 1 is 0.895 bits per heavy atom. The van der Waals surface area contributed by atoms with E-state index in [-0.39, 0.29) is 35.8 Å². The smallest absolute Gasteiger partial charge is 0.246 e. The number of likely N-dealkylation sites (N-methyl/N-ethyl adjacent to an activating group) is 1. The van der Waals surface area contributed by atoms with Gasteiger partial charge >= 0.3 is 0 Å². The molecule has 19 heavy (non-hydrogen) atoms. The highest BCUT2D eigenvalue weighted by molar-refractivity contribution is 5.88. The van der Waals surface area contributed by atoms with Crippen molar-refractivity contribution in [3.05, 3.63) is 0 Å². The molecule has 3 N–H and O–H groups in total. The Labute approximate surface area is 118 Å². The van der Waals surface area contributed by atoms with Crippen molar-refractivity contribution in [2.24, 2.45) is 0 Å². The van der Waals surface area contributed by atoms with Gasteiger partial charge in [0.05, 0.1) is 13.1 Å². The van der Waals surface area contributed by atoms with E-state index in [0.29, 0.717) is 13.2 Å². The molecule has 0 aliphatic heterocycles. The third kappa shape index (κ3) is 14.3. The summed E-state index contributed by atoms with van der Waals surface area (Å²) in [6.07, 6.45) is 0. The van der Waals surface area contributed by atoms with Crippen molar-refractivity contribution in [1.29, 1.82) is 0 Å². The van der Waals surface area contributed by atoms with E-state index in [1.54, 1.807) is 13.8 Å². The number of nitrogens with one attached hydrogen (secondary N) is 3. The highest BCUT2D eigenvalue weighted by atomic mass is 16.5. The lowest BCUT2D eigenvalue weighted by Gasteiger charge is -2.06. The molecular weight excluding hydrogens is 250 g/mol. The maximum absolute atomic E-state index is 11.2. The number of amides is 3. The maximum Gasteiger partial charge on any atom is 0.246 e. The van der Waals surface area contributed by atoms with Gasteiger partial charge in [-0.15, -0.1) is 0 Å². The summed E-state index contributed by atoms with van der Waals surface area (Å²) in [5.41, 5.74) is 0. The van der Waals surface area contributed by atoms with E-state index in [9.17, 15) is 14.4 Å². The molecular formula is C12H31N3O4. The third-order valence-electron chi connectivity index (χ3n) is 1.70. The summed E-state index contributed by atoms with van der Waals surface area (Å²) >= 11 is 0. The molecule has 0 aliphatic carbocycles. The second kappa shape index (κ2) is 14.4. The lowest BCUT2D eigenvalue weighted by molar-refractivity contribution is -0.129. The highest BCUT2D eigenvalue weighted by Gasteiger charge is 2.06. The van der Waals surface area contributed by atoms with E-state index in [1.165, 1.54) is 0 Å². The van der Waals surface area contributed by atoms with Crippen LogP contribution in [0.1, 0.15) is 32.0 Å². The Morgan fingerprint density at radius 3 is 1.84 bits per heavy atom. The van der Waals surface area contributed by atoms with Gasteiger partial charge in [0.25, 0.3) is 0 Å². The third-order valence-corrected chi connectivity index (χ3v) is 1.70. The Morgan fingerprint density at radius 2 is 1.37 bits per heavy atom. The van der Waals surface area contributed by atoms with Crippen LogP contribution in [0.2, 0.25) is 0 Å². The van der Waals surface area contributed by atoms with Crippen molar-refractivity contribution in [2.45, 2.75) is 27.7 Å². The van der Waals surface area contributed by atoms with E-state index in [2.05, 4.69) is 16.0 Å². The molecule has 0 aromatic heterocycles. The minimum Gasteiger partial charge on any atom is -0.372 e. The van der Waals surface area contributed by atoms with Gasteiger partial charge in [-0.05, 0) is 13.8 Å². The molecule has 0 saturated carbocycles. The molecule has 3 amide bonds. The molecule has 0 aromatic rings. The van der Waals surface area contributed by atoms with E-state index in [0.717, 1.165) is 0 Å². The van der Waals surface area contributed by atoms with Crippen molar-refractivity contribution < 1.29 is 23.4 Å². The molecule has 0 radical (unpaired) electrons. The van der Waals surface area contributed by atoms with E-state index < -0.39 is 5.91 Å². The van der Waals surface area contributed by atoms with Crippen molar-refractivity contribution >= 4 is 17.7 Å². The van der Waals surface area contributed by atoms with Crippen molar-refractivity contribution in [2.75, 3.05) is 32.8 Å². The molecule has 118 valence electrons. The van der Waals surface area contributed by atoms with Crippen LogP contribution in [0.25, 0.3) is 0 Å². The molecule has 0 fully saturated rings. The molecule has 0 heterocycles. The first-order valence-electron chi connectivity index (χ1n) is 6.48. The van der Waals surface area contributed by atoms with Gasteiger partial charge in [-0.2, -0.15) is 0 Å². The Hall–Kier alpha value is -1.63. The van der Waals surface area contributed by atoms with E-state index >= 15 is 0 Å². The molecule has 0 rings (SSSR count). The Balaban J connectivity index is -0.000000184. The van der Waals surface area contributed by atoms with Crippen LogP contribution in [0.3, 0.4) is 0 Å². The molecule has 7 heteroatoms. The average Bonchev–Trinajstić information content (AvgIpc) is 2.43. The van der Waals surface area contributed by atoms with Crippen LogP contribution in [0.4, 0.5) is 0 Å². The van der Waals surface area contributed by atoms with Gasteiger partial charge in [0.15, 0.2) is 0 Å². The molecule has 0 aliphatic rings. The second-order valence-corrected chi connectivity index (χ2v) is 3.14. The Kier molecular flexibility index (Phi) is 15.0. The minimum absolute atomic E-state index is 0. The second-order valence-electron chi connectivity index (χ2n) is 3.14. The first-order chi connectivity index (χ1) is 9.10. The standard InChI is InChI=1S/C10H19N3O4.C2H6.3H2/c1-3-11-8(14)5-12-9(15)6-13-10(16)7-17-4-2;1-2;;;/h3-7H2,1-2H3,(H,11,14)(H,12,15)(H,13,16);1-2H3;3*1H. The zero-order valence-corrected chi connectivity index (χ0v) is 12.2. The van der Waals surface area contributed by atoms with Crippen molar-refractivity contribution in [3.63, 3.8) is 0 Å². The van der Waals surface area contributed by atoms with Gasteiger partial charge in [-0.1, -0.05) is 13.8 Å². The van der Waals surface area contributed by atoms with E-state index in [1.807, 2.05) is 13.8 Å². The molecule has 0 atom stereocenters. The van der Waals surface area contributed by atoms with Crippen LogP contribution >= 0.6 is 0 Å². The molecule has 0 spiro atoms. The summed E-state index contributed by atoms with van der Waals surface area (Å²) in [4.78, 5) is 33.2. The molecule has 0 saturated heterocycles. The van der Waals surface area contributed by atoms with Gasteiger partial charge in [0.2, 0.25) is 17.7 Å². The van der Waals surface area contributed by atoms with E-state index in [4.69, 9.17) is 4.74 Å². The molecule has 7 nitrogen and oxygen atoms in total. The highest BCUT2D eigenvalue weighted by Crippen LogP contribution is 1.74. The summed E-state index contributed by atoms with van der Waals surface area (Å²) in [6.45, 7) is 8.19. The van der Waals surface area contributed by atoms with Crippen molar-refractivity contribution in [1.82, 2.24) is 16.0 Å². The summed E-state index contributed by atoms with van der Waals surface area (Å²) in [6, 6.07) is 0. The maximum atomic E-state index is 11.2. The fraction of sp³-hybridized carbons (Fsp3) is 0.750. The SMILES string of the molecule is CC.CCNC(=O)CNC(=O)CNC(=O)COCC.[HH].[HH].[HH]. The number of hydrogen-bond acceptors (Lipinski definition) is 4. The normalized spacial score (nSPS) is 8.84. The van der Waals surface area contributed by atoms with Gasteiger partial charge in [-0.25, -0.2) is 0 Å². The molecule has 0 unspecified atom stereocenters. The van der Waals surface area contributed by atoms with Crippen LogP contribution in [-0.4, -0.2) is 50.6 Å². The van der Waals surface area contributed by atoms with Crippen LogP contribution in [0, 0.1) is 0 Å². The zero-order chi connectivity index (χ0) is 15.1. The quantitative estimate of drug-likeness (QED) is 0.590. The number of carbonyl (C=O) groups is 3. The molecule has 0 aromatic carbocycles. The van der Waals surface area contributed by atoms with Gasteiger partial charge in [0, 0.05) is 17.4 Å². The summed E-state index contributed by atoms with van der Waals surface area (Å²) < 4.78 is 4.85. The van der Waals surface area contributed by atoms with Gasteiger partial charge < -0.3 is 20.7 Å². The van der Waals surface area contributed by atoms with Gasteiger partial charge in [-0.3, -0.25) is 14.4 Å². The van der Waals surface area contributed by atoms with Crippen LogP contribution < -0.4 is 16.0 Å². The fourth-order valence-electron chi connectivity index (χ4n) is 0.926. The number of hydrogen-bond donors (Lipinski definition) is 3. The largest absolute Gasteiger partial charge is 0.372 e. The van der Waals surface area contributed by atoms with Crippen LogP contribution in [0.5, 0.6) is 0 Å². The number of rotatable bonds is 8. The van der Waals surface area contributed by atoms with Gasteiger partial charge in [0.1, 0.15) is 6.61 Å². The fourth-order valence-corrected chi connectivity index (χ4v) is 0.926. The monoisotopic (exact) mass is 281 g/mol. The van der Waals surface area contributed by atoms with Crippen LogP contribution in [-0.2, 0) is 19.1 Å². The topological polar surface area (TPSA) is 96.5 Å². The summed E-state index contributed by atoms with van der Waals surface area (Å²) in [5.74, 6) is -1.04. The Bertz CT molecular complexity index is 282. The first-order valence-corrected chi connectivity index (χ1v) is 6.48. The zero-order valence-electron chi connectivity index (χ0n) is 12.2. The average molecular weight is 281 g/mol. The predicted octanol–water partition coefficient (Wildman–Crippen LogP) is 0.156. The summed E-state index contributed by atoms with van der Waals surface area (Å²) in [5, 5.41) is 7.27. The van der Waals surface area contributed by atoms with Crippen LogP contribution in [0.15, 0.2) is 0 Å². The van der Waals surface area contributed by atoms with Crippen molar-refractivity contribution in [3.8, 4) is 0 Å². The summed E-state index contributed by atoms with van der Waals surface area (Å²) in [7, 11) is 0. The number of carbonyl (C=O) groups excluding carboxylic acids is 3. The number of ether oxygens (including phenoxy) is 1. The predicted molar refractivity (Wildman–Crippen MR) is 78.9 cm³/mol.